The van der Waals surface area contributed by atoms with Gasteiger partial charge in [-0.05, 0) is 49.6 Å². The van der Waals surface area contributed by atoms with Crippen molar-refractivity contribution in [1.82, 2.24) is 0 Å². The fraction of sp³-hybridized carbons (Fsp3) is 0.500. The van der Waals surface area contributed by atoms with E-state index in [1.54, 1.807) is 16.7 Å². The van der Waals surface area contributed by atoms with Gasteiger partial charge in [-0.1, -0.05) is 50.9 Å². The fourth-order valence-electron chi connectivity index (χ4n) is 3.62. The smallest absolute Gasteiger partial charge is 0.0202 e. The van der Waals surface area contributed by atoms with Crippen molar-refractivity contribution in [2.45, 2.75) is 39.5 Å². The molecule has 0 saturated carbocycles. The van der Waals surface area contributed by atoms with Crippen molar-refractivity contribution in [2.24, 2.45) is 11.8 Å². The highest BCUT2D eigenvalue weighted by atomic mass is 79.9. The monoisotopic (exact) mass is 290 g/mol. The van der Waals surface area contributed by atoms with Crippen LogP contribution in [0.2, 0.25) is 0 Å². The third-order valence-electron chi connectivity index (χ3n) is 4.32. The molecule has 0 radical (unpaired) electrons. The van der Waals surface area contributed by atoms with Crippen molar-refractivity contribution in [1.29, 1.82) is 0 Å². The average Bonchev–Trinajstić information content (AvgIpc) is 2.78. The van der Waals surface area contributed by atoms with Gasteiger partial charge in [-0.3, -0.25) is 0 Å². The highest BCUT2D eigenvalue weighted by Gasteiger charge is 2.39. The lowest BCUT2D eigenvalue weighted by Gasteiger charge is -2.17. The minimum atomic E-state index is 0.651. The summed E-state index contributed by atoms with van der Waals surface area (Å²) in [7, 11) is 0. The topological polar surface area (TPSA) is 0 Å². The number of hydrogen-bond acceptors (Lipinski definition) is 0. The van der Waals surface area contributed by atoms with Gasteiger partial charge in [0.1, 0.15) is 0 Å². The molecule has 3 aliphatic carbocycles. The van der Waals surface area contributed by atoms with Gasteiger partial charge in [-0.25, -0.2) is 0 Å². The molecule has 0 saturated heterocycles. The van der Waals surface area contributed by atoms with Crippen LogP contribution in [-0.2, 0) is 0 Å². The van der Waals surface area contributed by atoms with E-state index < -0.39 is 0 Å². The van der Waals surface area contributed by atoms with Crippen LogP contribution in [0.5, 0.6) is 0 Å². The average molecular weight is 291 g/mol. The molecular weight excluding hydrogens is 272 g/mol. The maximum atomic E-state index is 3.68. The van der Waals surface area contributed by atoms with Crippen molar-refractivity contribution < 1.29 is 0 Å². The maximum absolute atomic E-state index is 3.68. The van der Waals surface area contributed by atoms with E-state index in [0.717, 1.165) is 0 Å². The zero-order valence-electron chi connectivity index (χ0n) is 10.6. The first-order valence-electron chi connectivity index (χ1n) is 6.60. The van der Waals surface area contributed by atoms with E-state index in [2.05, 4.69) is 48.0 Å². The second-order valence-corrected chi connectivity index (χ2v) is 6.55. The Labute approximate surface area is 112 Å². The molecule has 0 heterocycles. The van der Waals surface area contributed by atoms with E-state index >= 15 is 0 Å². The number of fused-ring (bicyclic) bond motifs is 4. The molecule has 3 rings (SSSR count). The number of hydrogen-bond donors (Lipinski definition) is 0. The van der Waals surface area contributed by atoms with E-state index in [4.69, 9.17) is 0 Å². The molecule has 3 aliphatic rings. The lowest BCUT2D eigenvalue weighted by Crippen LogP contribution is -2.01. The normalized spacial score (nSPS) is 34.3. The lowest BCUT2D eigenvalue weighted by molar-refractivity contribution is 0.793. The molecule has 0 N–H and O–H groups in total. The highest BCUT2D eigenvalue weighted by Crippen LogP contribution is 2.52. The molecule has 2 bridgehead atoms. The maximum Gasteiger partial charge on any atom is 0.0202 e. The van der Waals surface area contributed by atoms with Gasteiger partial charge in [0.05, 0.1) is 0 Å². The Morgan fingerprint density at radius 3 is 2.35 bits per heavy atom. The molecule has 1 heteroatoms. The third-order valence-corrected chi connectivity index (χ3v) is 5.04. The molecule has 2 atom stereocenters. The standard InChI is InChI=1S/C16H19Br/c1-10(2)16-14-8-9-15(16)13-7-6-11(17)4-3-5-12(13)14/h4,8-9,14-15H,3,5-7H2,1-2H3/b11-4+/t14-,15+/m0/s1. The van der Waals surface area contributed by atoms with Crippen LogP contribution in [-0.4, -0.2) is 0 Å². The van der Waals surface area contributed by atoms with Gasteiger partial charge in [-0.15, -0.1) is 0 Å². The third kappa shape index (κ3) is 1.79. The summed E-state index contributed by atoms with van der Waals surface area (Å²) in [4.78, 5) is 0. The van der Waals surface area contributed by atoms with Crippen LogP contribution in [0.25, 0.3) is 0 Å². The van der Waals surface area contributed by atoms with E-state index in [-0.39, 0.29) is 0 Å². The van der Waals surface area contributed by atoms with Crippen molar-refractivity contribution >= 4 is 15.9 Å². The number of allylic oxidation sites excluding steroid dienone is 8. The quantitative estimate of drug-likeness (QED) is 0.532. The Balaban J connectivity index is 1.96. The summed E-state index contributed by atoms with van der Waals surface area (Å²) < 4.78 is 1.40. The van der Waals surface area contributed by atoms with E-state index in [9.17, 15) is 0 Å². The van der Waals surface area contributed by atoms with Crippen molar-refractivity contribution in [3.05, 3.63) is 45.0 Å². The summed E-state index contributed by atoms with van der Waals surface area (Å²) in [5.41, 5.74) is 6.69. The van der Waals surface area contributed by atoms with Gasteiger partial charge in [0, 0.05) is 11.8 Å². The molecule has 0 amide bonds. The molecule has 0 spiro atoms. The first-order chi connectivity index (χ1) is 8.18. The van der Waals surface area contributed by atoms with E-state index in [0.29, 0.717) is 11.8 Å². The van der Waals surface area contributed by atoms with Gasteiger partial charge in [0.25, 0.3) is 0 Å². The summed E-state index contributed by atoms with van der Waals surface area (Å²) >= 11 is 3.68. The van der Waals surface area contributed by atoms with Crippen LogP contribution in [0, 0.1) is 11.8 Å². The van der Waals surface area contributed by atoms with Crippen LogP contribution in [0.3, 0.4) is 0 Å². The second-order valence-electron chi connectivity index (χ2n) is 5.54. The zero-order valence-corrected chi connectivity index (χ0v) is 12.2. The second kappa shape index (κ2) is 4.28. The Bertz CT molecular complexity index is 470. The van der Waals surface area contributed by atoms with Gasteiger partial charge < -0.3 is 0 Å². The fourth-order valence-corrected chi connectivity index (χ4v) is 4.05. The van der Waals surface area contributed by atoms with Crippen molar-refractivity contribution in [3.8, 4) is 0 Å². The predicted molar refractivity (Wildman–Crippen MR) is 77.0 cm³/mol. The molecule has 90 valence electrons. The molecule has 0 aromatic heterocycles. The summed E-state index contributed by atoms with van der Waals surface area (Å²) in [6.45, 7) is 4.55. The van der Waals surface area contributed by atoms with Crippen molar-refractivity contribution in [2.75, 3.05) is 0 Å². The molecule has 0 nitrogen and oxygen atoms in total. The Kier molecular flexibility index (Phi) is 2.90. The van der Waals surface area contributed by atoms with E-state index in [1.807, 2.05) is 0 Å². The molecular formula is C16H19Br. The summed E-state index contributed by atoms with van der Waals surface area (Å²) in [5.74, 6) is 1.31. The molecule has 17 heavy (non-hydrogen) atoms. The zero-order chi connectivity index (χ0) is 12.0. The van der Waals surface area contributed by atoms with Crippen LogP contribution >= 0.6 is 15.9 Å². The van der Waals surface area contributed by atoms with Crippen LogP contribution in [0.4, 0.5) is 0 Å². The molecule has 0 fully saturated rings. The first kappa shape index (κ1) is 11.5. The van der Waals surface area contributed by atoms with Gasteiger partial charge >= 0.3 is 0 Å². The van der Waals surface area contributed by atoms with Crippen LogP contribution in [0.1, 0.15) is 39.5 Å². The molecule has 0 aromatic rings. The first-order valence-corrected chi connectivity index (χ1v) is 7.39. The van der Waals surface area contributed by atoms with Crippen molar-refractivity contribution in [3.63, 3.8) is 0 Å². The van der Waals surface area contributed by atoms with Crippen LogP contribution < -0.4 is 0 Å². The molecule has 0 aromatic carbocycles. The van der Waals surface area contributed by atoms with E-state index in [1.165, 1.54) is 35.7 Å². The number of rotatable bonds is 0. The minimum Gasteiger partial charge on any atom is -0.0763 e. The Morgan fingerprint density at radius 1 is 1.06 bits per heavy atom. The van der Waals surface area contributed by atoms with Crippen LogP contribution in [0.15, 0.2) is 45.0 Å². The van der Waals surface area contributed by atoms with Gasteiger partial charge in [-0.2, -0.15) is 0 Å². The SMILES string of the molecule is CC(C)=C1[C@@H]2C=C[C@H]1C1=C2CC/C(Br)=C\CC1. The predicted octanol–water partition coefficient (Wildman–Crippen LogP) is 5.29. The highest BCUT2D eigenvalue weighted by molar-refractivity contribution is 9.11. The minimum absolute atomic E-state index is 0.651. The molecule has 0 unspecified atom stereocenters. The number of halogens is 1. The lowest BCUT2D eigenvalue weighted by atomic mass is 9.89. The van der Waals surface area contributed by atoms with Gasteiger partial charge in [0.15, 0.2) is 0 Å². The Hall–Kier alpha value is -0.560. The molecule has 0 aliphatic heterocycles. The Morgan fingerprint density at radius 2 is 1.71 bits per heavy atom. The van der Waals surface area contributed by atoms with Gasteiger partial charge in [0.2, 0.25) is 0 Å². The summed E-state index contributed by atoms with van der Waals surface area (Å²) in [5, 5.41) is 0. The summed E-state index contributed by atoms with van der Waals surface area (Å²) in [6.07, 6.45) is 12.1. The largest absolute Gasteiger partial charge is 0.0763 e. The summed E-state index contributed by atoms with van der Waals surface area (Å²) in [6, 6.07) is 0.